The van der Waals surface area contributed by atoms with Crippen molar-refractivity contribution in [2.75, 3.05) is 5.32 Å². The largest absolute Gasteiger partial charge is 0.383 e. The minimum atomic E-state index is -0.00741. The Kier molecular flexibility index (Phi) is 2.67. The van der Waals surface area contributed by atoms with Gasteiger partial charge >= 0.3 is 0 Å². The van der Waals surface area contributed by atoms with Crippen molar-refractivity contribution in [1.82, 2.24) is 14.8 Å². The molecule has 1 aromatic heterocycles. The Morgan fingerprint density at radius 2 is 2.17 bits per heavy atom. The van der Waals surface area contributed by atoms with Crippen LogP contribution in [0.4, 0.5) is 5.95 Å². The minimum Gasteiger partial charge on any atom is -0.383 e. The van der Waals surface area contributed by atoms with E-state index in [0.717, 1.165) is 12.8 Å². The van der Waals surface area contributed by atoms with E-state index in [1.54, 1.807) is 0 Å². The van der Waals surface area contributed by atoms with Gasteiger partial charge < -0.3 is 11.1 Å². The molecular weight excluding hydrogens is 228 g/mol. The Labute approximate surface area is 105 Å². The van der Waals surface area contributed by atoms with Crippen molar-refractivity contribution in [2.24, 2.45) is 11.7 Å². The van der Waals surface area contributed by atoms with Crippen molar-refractivity contribution in [3.63, 3.8) is 0 Å². The Morgan fingerprint density at radius 1 is 1.39 bits per heavy atom. The summed E-state index contributed by atoms with van der Waals surface area (Å²) in [5, 5.41) is 16.7. The monoisotopic (exact) mass is 244 g/mol. The molecule has 3 N–H and O–H groups in total. The predicted octanol–water partition coefficient (Wildman–Crippen LogP) is 1.30. The van der Waals surface area contributed by atoms with Gasteiger partial charge in [0.1, 0.15) is 18.2 Å². The molecule has 1 aliphatic carbocycles. The Morgan fingerprint density at radius 3 is 2.89 bits per heavy atom. The normalized spacial score (nSPS) is 24.3. The number of nitriles is 1. The maximum absolute atomic E-state index is 9.34. The molecule has 0 bridgehead atoms. The number of hydrogen-bond donors (Lipinski definition) is 2. The first-order valence-electron chi connectivity index (χ1n) is 6.38. The molecule has 1 aromatic rings. The van der Waals surface area contributed by atoms with Gasteiger partial charge in [0.25, 0.3) is 0 Å². The quantitative estimate of drug-likeness (QED) is 0.776. The average molecular weight is 244 g/mol. The molecule has 3 rings (SSSR count). The highest BCUT2D eigenvalue weighted by molar-refractivity contribution is 5.63. The molecule has 1 aliphatic heterocycles. The van der Waals surface area contributed by atoms with Gasteiger partial charge in [0.2, 0.25) is 5.95 Å². The number of anilines is 1. The molecule has 2 heterocycles. The standard InChI is InChI=1S/C12H16N6/c13-6-9-10(8-4-2-1-3-5-8)17-12-15-7-16-18(12)11(9)14/h7-8,10H,1-5,14H2,(H,15,16,17). The van der Waals surface area contributed by atoms with Gasteiger partial charge in [-0.1, -0.05) is 19.3 Å². The Bertz CT molecular complexity index is 517. The highest BCUT2D eigenvalue weighted by Crippen LogP contribution is 2.34. The van der Waals surface area contributed by atoms with Crippen molar-refractivity contribution in [2.45, 2.75) is 38.1 Å². The summed E-state index contributed by atoms with van der Waals surface area (Å²) in [5.74, 6) is 1.53. The summed E-state index contributed by atoms with van der Waals surface area (Å²) in [6.07, 6.45) is 7.49. The lowest BCUT2D eigenvalue weighted by atomic mass is 9.81. The summed E-state index contributed by atoms with van der Waals surface area (Å²) in [5.41, 5.74) is 6.62. The van der Waals surface area contributed by atoms with Crippen LogP contribution in [-0.2, 0) is 0 Å². The molecule has 0 aromatic carbocycles. The molecule has 1 atom stereocenters. The molecule has 0 spiro atoms. The topological polar surface area (TPSA) is 92.5 Å². The highest BCUT2D eigenvalue weighted by Gasteiger charge is 2.33. The minimum absolute atomic E-state index is 0.00741. The second-order valence-electron chi connectivity index (χ2n) is 4.93. The van der Waals surface area contributed by atoms with Gasteiger partial charge in [-0.05, 0) is 18.8 Å². The van der Waals surface area contributed by atoms with Crippen molar-refractivity contribution < 1.29 is 0 Å². The molecular formula is C12H16N6. The van der Waals surface area contributed by atoms with Crippen LogP contribution < -0.4 is 11.1 Å². The summed E-state index contributed by atoms with van der Waals surface area (Å²) in [6.45, 7) is 0. The fourth-order valence-electron chi connectivity index (χ4n) is 2.95. The number of nitrogens with two attached hydrogens (primary N) is 1. The van der Waals surface area contributed by atoms with E-state index in [0.29, 0.717) is 23.3 Å². The third-order valence-corrected chi connectivity index (χ3v) is 3.89. The van der Waals surface area contributed by atoms with Crippen LogP contribution in [0.5, 0.6) is 0 Å². The third-order valence-electron chi connectivity index (χ3n) is 3.89. The molecule has 1 fully saturated rings. The summed E-state index contributed by atoms with van der Waals surface area (Å²) in [4.78, 5) is 4.14. The Balaban J connectivity index is 1.97. The second-order valence-corrected chi connectivity index (χ2v) is 4.93. The number of aromatic nitrogens is 3. The first-order chi connectivity index (χ1) is 8.81. The van der Waals surface area contributed by atoms with Gasteiger partial charge in [0.05, 0.1) is 11.6 Å². The van der Waals surface area contributed by atoms with Crippen LogP contribution in [0, 0.1) is 17.2 Å². The zero-order valence-electron chi connectivity index (χ0n) is 10.1. The van der Waals surface area contributed by atoms with Gasteiger partial charge in [-0.2, -0.15) is 20.0 Å². The molecule has 6 nitrogen and oxygen atoms in total. The highest BCUT2D eigenvalue weighted by atomic mass is 15.4. The summed E-state index contributed by atoms with van der Waals surface area (Å²) >= 11 is 0. The van der Waals surface area contributed by atoms with Crippen molar-refractivity contribution in [3.8, 4) is 6.07 Å². The van der Waals surface area contributed by atoms with Crippen LogP contribution in [0.15, 0.2) is 11.9 Å². The number of hydrogen-bond acceptors (Lipinski definition) is 5. The number of fused-ring (bicyclic) bond motifs is 1. The molecule has 1 unspecified atom stereocenters. The SMILES string of the molecule is N#CC1=C(N)n2ncnc2NC1C1CCCCC1. The molecule has 1 saturated carbocycles. The first kappa shape index (κ1) is 11.1. The predicted molar refractivity (Wildman–Crippen MR) is 67.0 cm³/mol. The third kappa shape index (κ3) is 1.63. The van der Waals surface area contributed by atoms with Crippen LogP contribution in [0.1, 0.15) is 32.1 Å². The Hall–Kier alpha value is -2.03. The zero-order valence-corrected chi connectivity index (χ0v) is 10.1. The molecule has 0 radical (unpaired) electrons. The zero-order chi connectivity index (χ0) is 12.5. The fourth-order valence-corrected chi connectivity index (χ4v) is 2.95. The van der Waals surface area contributed by atoms with Gasteiger partial charge in [0.15, 0.2) is 0 Å². The van der Waals surface area contributed by atoms with Crippen molar-refractivity contribution >= 4 is 11.8 Å². The van der Waals surface area contributed by atoms with Crippen LogP contribution in [0.2, 0.25) is 0 Å². The van der Waals surface area contributed by atoms with Crippen molar-refractivity contribution in [1.29, 1.82) is 5.26 Å². The first-order valence-corrected chi connectivity index (χ1v) is 6.38. The van der Waals surface area contributed by atoms with E-state index < -0.39 is 0 Å². The number of rotatable bonds is 1. The lowest BCUT2D eigenvalue weighted by Gasteiger charge is -2.33. The lowest BCUT2D eigenvalue weighted by molar-refractivity contribution is 0.336. The fraction of sp³-hybridized carbons (Fsp3) is 0.583. The van der Waals surface area contributed by atoms with Crippen LogP contribution in [0.3, 0.4) is 0 Å². The van der Waals surface area contributed by atoms with Crippen molar-refractivity contribution in [3.05, 3.63) is 11.9 Å². The molecule has 0 saturated heterocycles. The molecule has 94 valence electrons. The van der Waals surface area contributed by atoms with Crippen LogP contribution in [0.25, 0.3) is 5.82 Å². The second kappa shape index (κ2) is 4.33. The van der Waals surface area contributed by atoms with Gasteiger partial charge in [0, 0.05) is 0 Å². The van der Waals surface area contributed by atoms with Crippen LogP contribution >= 0.6 is 0 Å². The van der Waals surface area contributed by atoms with Gasteiger partial charge in [-0.25, -0.2) is 0 Å². The van der Waals surface area contributed by atoms with E-state index in [-0.39, 0.29) is 6.04 Å². The maximum atomic E-state index is 9.34. The summed E-state index contributed by atoms with van der Waals surface area (Å²) in [7, 11) is 0. The summed E-state index contributed by atoms with van der Waals surface area (Å²) in [6, 6.07) is 2.23. The number of nitrogens with one attached hydrogen (secondary N) is 1. The number of nitrogens with zero attached hydrogens (tertiary/aromatic N) is 4. The smallest absolute Gasteiger partial charge is 0.227 e. The molecule has 18 heavy (non-hydrogen) atoms. The molecule has 0 amide bonds. The lowest BCUT2D eigenvalue weighted by Crippen LogP contribution is -2.38. The van der Waals surface area contributed by atoms with E-state index >= 15 is 0 Å². The maximum Gasteiger partial charge on any atom is 0.227 e. The van der Waals surface area contributed by atoms with E-state index in [1.165, 1.54) is 30.3 Å². The van der Waals surface area contributed by atoms with Gasteiger partial charge in [-0.15, -0.1) is 0 Å². The molecule has 2 aliphatic rings. The van der Waals surface area contributed by atoms with Gasteiger partial charge in [-0.3, -0.25) is 0 Å². The van der Waals surface area contributed by atoms with Crippen LogP contribution in [-0.4, -0.2) is 20.8 Å². The van der Waals surface area contributed by atoms with E-state index in [1.807, 2.05) is 0 Å². The van der Waals surface area contributed by atoms with E-state index in [4.69, 9.17) is 5.73 Å². The average Bonchev–Trinajstić information content (AvgIpc) is 2.88. The van der Waals surface area contributed by atoms with E-state index in [2.05, 4.69) is 21.5 Å². The van der Waals surface area contributed by atoms with E-state index in [9.17, 15) is 5.26 Å². The summed E-state index contributed by atoms with van der Waals surface area (Å²) < 4.78 is 1.50. The molecule has 6 heteroatoms.